The zero-order valence-corrected chi connectivity index (χ0v) is 15.8. The van der Waals surface area contributed by atoms with Crippen LogP contribution in [0.3, 0.4) is 0 Å². The maximum atomic E-state index is 12.3. The minimum Gasteiger partial charge on any atom is -0.444 e. The van der Waals surface area contributed by atoms with Crippen LogP contribution >= 0.6 is 0 Å². The van der Waals surface area contributed by atoms with Crippen LogP contribution in [0, 0.1) is 0 Å². The highest BCUT2D eigenvalue weighted by Crippen LogP contribution is 2.31. The van der Waals surface area contributed by atoms with Crippen molar-refractivity contribution in [1.29, 1.82) is 0 Å². The van der Waals surface area contributed by atoms with Crippen molar-refractivity contribution < 1.29 is 9.53 Å². The molecule has 0 bridgehead atoms. The molecular formula is C22H28N2O2. The third kappa shape index (κ3) is 4.44. The molecule has 0 aromatic heterocycles. The molecule has 1 aliphatic rings. The molecule has 0 aliphatic carbocycles. The van der Waals surface area contributed by atoms with Crippen LogP contribution < -0.4 is 5.73 Å². The van der Waals surface area contributed by atoms with Crippen LogP contribution in [-0.4, -0.2) is 35.7 Å². The summed E-state index contributed by atoms with van der Waals surface area (Å²) in [5.74, 6) is 0.248. The average Bonchev–Trinajstić information content (AvgIpc) is 2.61. The molecule has 26 heavy (non-hydrogen) atoms. The quantitative estimate of drug-likeness (QED) is 0.871. The second-order valence-electron chi connectivity index (χ2n) is 7.98. The van der Waals surface area contributed by atoms with Crippen molar-refractivity contribution >= 4 is 6.09 Å². The second-order valence-corrected chi connectivity index (χ2v) is 7.98. The van der Waals surface area contributed by atoms with E-state index in [-0.39, 0.29) is 18.1 Å². The van der Waals surface area contributed by atoms with Gasteiger partial charge in [-0.15, -0.1) is 0 Å². The van der Waals surface area contributed by atoms with Crippen molar-refractivity contribution in [2.45, 2.75) is 44.8 Å². The summed E-state index contributed by atoms with van der Waals surface area (Å²) in [6, 6.07) is 18.8. The third-order valence-electron chi connectivity index (χ3n) is 4.73. The molecule has 0 saturated carbocycles. The lowest BCUT2D eigenvalue weighted by Crippen LogP contribution is -2.50. The maximum absolute atomic E-state index is 12.3. The summed E-state index contributed by atoms with van der Waals surface area (Å²) >= 11 is 0. The molecule has 138 valence electrons. The van der Waals surface area contributed by atoms with Crippen molar-refractivity contribution in [3.63, 3.8) is 0 Å². The number of nitrogens with zero attached hydrogens (tertiary/aromatic N) is 1. The first-order valence-electron chi connectivity index (χ1n) is 9.22. The van der Waals surface area contributed by atoms with Crippen molar-refractivity contribution in [1.82, 2.24) is 4.90 Å². The van der Waals surface area contributed by atoms with Gasteiger partial charge in [0, 0.05) is 25.0 Å². The van der Waals surface area contributed by atoms with Crippen molar-refractivity contribution in [2.24, 2.45) is 5.73 Å². The lowest BCUT2D eigenvalue weighted by atomic mass is 9.84. The van der Waals surface area contributed by atoms with Gasteiger partial charge in [-0.2, -0.15) is 0 Å². The van der Waals surface area contributed by atoms with Gasteiger partial charge < -0.3 is 15.4 Å². The van der Waals surface area contributed by atoms with E-state index in [1.807, 2.05) is 39.0 Å². The highest BCUT2D eigenvalue weighted by Gasteiger charge is 2.32. The number of carbonyl (C=O) groups excluding carboxylic acids is 1. The summed E-state index contributed by atoms with van der Waals surface area (Å²) < 4.78 is 5.47. The molecule has 2 aromatic rings. The zero-order chi connectivity index (χ0) is 18.7. The van der Waals surface area contributed by atoms with Gasteiger partial charge in [-0.05, 0) is 43.9 Å². The number of rotatable bonds is 2. The van der Waals surface area contributed by atoms with Gasteiger partial charge in [-0.3, -0.25) is 0 Å². The van der Waals surface area contributed by atoms with E-state index in [0.29, 0.717) is 13.1 Å². The van der Waals surface area contributed by atoms with Crippen LogP contribution in [0.5, 0.6) is 0 Å². The zero-order valence-electron chi connectivity index (χ0n) is 15.8. The van der Waals surface area contributed by atoms with E-state index in [4.69, 9.17) is 10.5 Å². The predicted molar refractivity (Wildman–Crippen MR) is 105 cm³/mol. The van der Waals surface area contributed by atoms with Gasteiger partial charge in [0.1, 0.15) is 5.60 Å². The summed E-state index contributed by atoms with van der Waals surface area (Å²) in [4.78, 5) is 14.0. The fraction of sp³-hybridized carbons (Fsp3) is 0.409. The summed E-state index contributed by atoms with van der Waals surface area (Å²) in [6.07, 6.45) is 0.572. The van der Waals surface area contributed by atoms with Gasteiger partial charge in [0.25, 0.3) is 0 Å². The largest absolute Gasteiger partial charge is 0.444 e. The standard InChI is InChI=1S/C22H28N2O2/c1-22(2,3)26-21(25)24-13-12-19(20(23)15-24)18-11-7-10-17(14-18)16-8-5-4-6-9-16/h4-11,14,19-20H,12-13,15,23H2,1-3H3/t19-,20+/m0/s1. The Kier molecular flexibility index (Phi) is 5.33. The third-order valence-corrected chi connectivity index (χ3v) is 4.73. The molecule has 0 radical (unpaired) electrons. The Bertz CT molecular complexity index is 752. The SMILES string of the molecule is CC(C)(C)OC(=O)N1CC[C@@H](c2cccc(-c3ccccc3)c2)[C@H](N)C1. The summed E-state index contributed by atoms with van der Waals surface area (Å²) in [7, 11) is 0. The van der Waals surface area contributed by atoms with Crippen LogP contribution in [0.2, 0.25) is 0 Å². The fourth-order valence-electron chi connectivity index (χ4n) is 3.47. The molecule has 0 spiro atoms. The molecular weight excluding hydrogens is 324 g/mol. The molecule has 2 aromatic carbocycles. The van der Waals surface area contributed by atoms with E-state index in [0.717, 1.165) is 6.42 Å². The molecule has 2 atom stereocenters. The Morgan fingerprint density at radius 1 is 1.08 bits per heavy atom. The molecule has 4 heteroatoms. The molecule has 1 saturated heterocycles. The first kappa shape index (κ1) is 18.5. The highest BCUT2D eigenvalue weighted by molar-refractivity contribution is 5.68. The van der Waals surface area contributed by atoms with E-state index >= 15 is 0 Å². The van der Waals surface area contributed by atoms with Gasteiger partial charge in [-0.25, -0.2) is 4.79 Å². The maximum Gasteiger partial charge on any atom is 0.410 e. The van der Waals surface area contributed by atoms with Crippen LogP contribution in [-0.2, 0) is 4.74 Å². The number of carbonyl (C=O) groups is 1. The summed E-state index contributed by atoms with van der Waals surface area (Å²) in [5.41, 5.74) is 9.60. The molecule has 0 unspecified atom stereocenters. The number of benzene rings is 2. The van der Waals surface area contributed by atoms with Crippen LogP contribution in [0.15, 0.2) is 54.6 Å². The first-order valence-corrected chi connectivity index (χ1v) is 9.22. The molecule has 1 amide bonds. The lowest BCUT2D eigenvalue weighted by Gasteiger charge is -2.37. The van der Waals surface area contributed by atoms with E-state index < -0.39 is 5.60 Å². The molecule has 2 N–H and O–H groups in total. The molecule has 4 nitrogen and oxygen atoms in total. The minimum absolute atomic E-state index is 0.0951. The smallest absolute Gasteiger partial charge is 0.410 e. The molecule has 3 rings (SSSR count). The minimum atomic E-state index is -0.484. The summed E-state index contributed by atoms with van der Waals surface area (Å²) in [6.45, 7) is 6.84. The Morgan fingerprint density at radius 3 is 2.42 bits per heavy atom. The van der Waals surface area contributed by atoms with E-state index in [9.17, 15) is 4.79 Å². The Morgan fingerprint density at radius 2 is 1.77 bits per heavy atom. The van der Waals surface area contributed by atoms with E-state index in [2.05, 4.69) is 36.4 Å². The number of hydrogen-bond acceptors (Lipinski definition) is 3. The predicted octanol–water partition coefficient (Wildman–Crippen LogP) is 4.41. The van der Waals surface area contributed by atoms with E-state index in [1.165, 1.54) is 16.7 Å². The average molecular weight is 352 g/mol. The monoisotopic (exact) mass is 352 g/mol. The normalized spacial score (nSPS) is 20.7. The Balaban J connectivity index is 1.71. The number of nitrogens with two attached hydrogens (primary N) is 1. The van der Waals surface area contributed by atoms with Gasteiger partial charge in [0.05, 0.1) is 0 Å². The van der Waals surface area contributed by atoms with Gasteiger partial charge in [-0.1, -0.05) is 54.6 Å². The number of piperidine rings is 1. The van der Waals surface area contributed by atoms with Crippen molar-refractivity contribution in [3.05, 3.63) is 60.2 Å². The first-order chi connectivity index (χ1) is 12.3. The second kappa shape index (κ2) is 7.50. The van der Waals surface area contributed by atoms with Gasteiger partial charge >= 0.3 is 6.09 Å². The van der Waals surface area contributed by atoms with Crippen LogP contribution in [0.25, 0.3) is 11.1 Å². The highest BCUT2D eigenvalue weighted by atomic mass is 16.6. The summed E-state index contributed by atoms with van der Waals surface area (Å²) in [5, 5.41) is 0. The van der Waals surface area contributed by atoms with Crippen LogP contribution in [0.4, 0.5) is 4.79 Å². The van der Waals surface area contributed by atoms with E-state index in [1.54, 1.807) is 4.90 Å². The number of likely N-dealkylation sites (tertiary alicyclic amines) is 1. The molecule has 1 heterocycles. The van der Waals surface area contributed by atoms with Crippen molar-refractivity contribution in [2.75, 3.05) is 13.1 Å². The number of ether oxygens (including phenoxy) is 1. The van der Waals surface area contributed by atoms with Gasteiger partial charge in [0.15, 0.2) is 0 Å². The Labute approximate surface area is 156 Å². The van der Waals surface area contributed by atoms with Crippen molar-refractivity contribution in [3.8, 4) is 11.1 Å². The Hall–Kier alpha value is -2.33. The molecule has 1 aliphatic heterocycles. The topological polar surface area (TPSA) is 55.6 Å². The van der Waals surface area contributed by atoms with Crippen LogP contribution in [0.1, 0.15) is 38.7 Å². The molecule has 1 fully saturated rings. The number of hydrogen-bond donors (Lipinski definition) is 1. The lowest BCUT2D eigenvalue weighted by molar-refractivity contribution is 0.0186. The van der Waals surface area contributed by atoms with Gasteiger partial charge in [0.2, 0.25) is 0 Å². The number of amides is 1. The fourth-order valence-corrected chi connectivity index (χ4v) is 3.47.